The van der Waals surface area contributed by atoms with Gasteiger partial charge in [0.1, 0.15) is 22.8 Å². The Labute approximate surface area is 106 Å². The van der Waals surface area contributed by atoms with Gasteiger partial charge in [-0.25, -0.2) is 9.97 Å². The monoisotopic (exact) mass is 256 g/mol. The Kier molecular flexibility index (Phi) is 3.93. The molecule has 0 aliphatic carbocycles. The second-order valence-corrected chi connectivity index (χ2v) is 5.05. The van der Waals surface area contributed by atoms with E-state index in [9.17, 15) is 4.79 Å². The number of primary amides is 1. The quantitative estimate of drug-likeness (QED) is 0.807. The van der Waals surface area contributed by atoms with E-state index >= 15 is 0 Å². The van der Waals surface area contributed by atoms with Gasteiger partial charge >= 0.3 is 0 Å². The number of amides is 1. The first-order chi connectivity index (χ1) is 7.75. The number of hydrogen-bond acceptors (Lipinski definition) is 4. The lowest BCUT2D eigenvalue weighted by atomic mass is 10.0. The van der Waals surface area contributed by atoms with Crippen molar-refractivity contribution in [2.75, 3.05) is 5.32 Å². The summed E-state index contributed by atoms with van der Waals surface area (Å²) in [5.74, 6) is 0.237. The maximum atomic E-state index is 11.3. The summed E-state index contributed by atoms with van der Waals surface area (Å²) < 4.78 is 0. The lowest BCUT2D eigenvalue weighted by Gasteiger charge is -2.25. The first-order valence-electron chi connectivity index (χ1n) is 5.34. The van der Waals surface area contributed by atoms with E-state index in [0.717, 1.165) is 5.56 Å². The third-order valence-corrected chi connectivity index (χ3v) is 2.76. The van der Waals surface area contributed by atoms with Crippen molar-refractivity contribution in [3.05, 3.63) is 17.0 Å². The molecule has 1 heterocycles. The number of carbonyl (C=O) groups excluding carboxylic acids is 1. The molecule has 1 aromatic rings. The third-order valence-electron chi connectivity index (χ3n) is 2.46. The average molecular weight is 257 g/mol. The van der Waals surface area contributed by atoms with E-state index in [2.05, 4.69) is 15.3 Å². The van der Waals surface area contributed by atoms with E-state index in [1.54, 1.807) is 13.8 Å². The highest BCUT2D eigenvalue weighted by atomic mass is 35.5. The Morgan fingerprint density at radius 3 is 2.53 bits per heavy atom. The molecular formula is C11H17ClN4O. The topological polar surface area (TPSA) is 80.9 Å². The van der Waals surface area contributed by atoms with Crippen LogP contribution < -0.4 is 11.1 Å². The summed E-state index contributed by atoms with van der Waals surface area (Å²) in [6, 6.07) is 0. The summed E-state index contributed by atoms with van der Waals surface area (Å²) >= 11 is 6.03. The largest absolute Gasteiger partial charge is 0.368 e. The minimum absolute atomic E-state index is 0.148. The molecule has 0 aromatic carbocycles. The maximum Gasteiger partial charge on any atom is 0.242 e. The van der Waals surface area contributed by atoms with Crippen LogP contribution in [0.2, 0.25) is 5.15 Å². The first kappa shape index (κ1) is 13.7. The third kappa shape index (κ3) is 3.06. The van der Waals surface area contributed by atoms with Gasteiger partial charge in [-0.1, -0.05) is 25.4 Å². The fourth-order valence-electron chi connectivity index (χ4n) is 1.34. The van der Waals surface area contributed by atoms with Crippen molar-refractivity contribution in [1.82, 2.24) is 9.97 Å². The summed E-state index contributed by atoms with van der Waals surface area (Å²) in [5.41, 5.74) is 5.20. The highest BCUT2D eigenvalue weighted by molar-refractivity contribution is 6.30. The zero-order chi connectivity index (χ0) is 13.2. The van der Waals surface area contributed by atoms with Crippen LogP contribution in [-0.2, 0) is 4.79 Å². The number of hydrogen-bond donors (Lipinski definition) is 2. The normalized spacial score (nSPS) is 11.6. The van der Waals surface area contributed by atoms with Gasteiger partial charge in [-0.3, -0.25) is 4.79 Å². The molecule has 0 saturated heterocycles. The van der Waals surface area contributed by atoms with E-state index in [1.807, 2.05) is 13.8 Å². The van der Waals surface area contributed by atoms with Crippen molar-refractivity contribution < 1.29 is 4.79 Å². The molecule has 0 aliphatic rings. The van der Waals surface area contributed by atoms with Crippen molar-refractivity contribution >= 4 is 23.3 Å². The molecule has 6 heteroatoms. The zero-order valence-corrected chi connectivity index (χ0v) is 11.2. The molecule has 5 nitrogen and oxygen atoms in total. The van der Waals surface area contributed by atoms with E-state index in [1.165, 1.54) is 6.33 Å². The number of anilines is 1. The Bertz CT molecular complexity index is 431. The first-order valence-corrected chi connectivity index (χ1v) is 5.72. The summed E-state index contributed by atoms with van der Waals surface area (Å²) in [7, 11) is 0. The second kappa shape index (κ2) is 4.87. The van der Waals surface area contributed by atoms with Crippen LogP contribution in [0.3, 0.4) is 0 Å². The molecule has 0 saturated carbocycles. The molecule has 0 spiro atoms. The molecule has 1 amide bonds. The van der Waals surface area contributed by atoms with Crippen LogP contribution >= 0.6 is 11.6 Å². The number of nitrogens with zero attached hydrogens (tertiary/aromatic N) is 2. The molecule has 94 valence electrons. The molecule has 3 N–H and O–H groups in total. The van der Waals surface area contributed by atoms with Crippen molar-refractivity contribution in [1.29, 1.82) is 0 Å². The predicted molar refractivity (Wildman–Crippen MR) is 68.0 cm³/mol. The van der Waals surface area contributed by atoms with Gasteiger partial charge < -0.3 is 11.1 Å². The van der Waals surface area contributed by atoms with E-state index in [-0.39, 0.29) is 5.92 Å². The van der Waals surface area contributed by atoms with Gasteiger partial charge in [0, 0.05) is 5.56 Å². The van der Waals surface area contributed by atoms with Gasteiger partial charge in [-0.15, -0.1) is 0 Å². The Morgan fingerprint density at radius 2 is 2.06 bits per heavy atom. The maximum absolute atomic E-state index is 11.3. The standard InChI is InChI=1S/C11H17ClN4O/c1-6(2)7-8(12)14-5-15-9(7)16-11(3,4)10(13)17/h5-6H,1-4H3,(H2,13,17)(H,14,15,16). The van der Waals surface area contributed by atoms with Crippen LogP contribution in [0.1, 0.15) is 39.2 Å². The van der Waals surface area contributed by atoms with E-state index in [0.29, 0.717) is 11.0 Å². The number of carbonyl (C=O) groups is 1. The van der Waals surface area contributed by atoms with Gasteiger partial charge in [0.25, 0.3) is 0 Å². The molecule has 17 heavy (non-hydrogen) atoms. The SMILES string of the molecule is CC(C)c1c(Cl)ncnc1NC(C)(C)C(N)=O. The van der Waals surface area contributed by atoms with Gasteiger partial charge in [0.2, 0.25) is 5.91 Å². The van der Waals surface area contributed by atoms with Crippen LogP contribution in [0.25, 0.3) is 0 Å². The molecule has 1 rings (SSSR count). The lowest BCUT2D eigenvalue weighted by Crippen LogP contribution is -2.45. The number of rotatable bonds is 4. The number of nitrogens with one attached hydrogen (secondary N) is 1. The van der Waals surface area contributed by atoms with Crippen LogP contribution in [0, 0.1) is 0 Å². The van der Waals surface area contributed by atoms with Crippen LogP contribution in [0.5, 0.6) is 0 Å². The highest BCUT2D eigenvalue weighted by Crippen LogP contribution is 2.29. The van der Waals surface area contributed by atoms with Crippen molar-refractivity contribution in [2.45, 2.75) is 39.2 Å². The molecule has 1 aromatic heterocycles. The van der Waals surface area contributed by atoms with Gasteiger partial charge in [-0.05, 0) is 19.8 Å². The van der Waals surface area contributed by atoms with Gasteiger partial charge in [-0.2, -0.15) is 0 Å². The number of aromatic nitrogens is 2. The van der Waals surface area contributed by atoms with Crippen LogP contribution in [-0.4, -0.2) is 21.4 Å². The van der Waals surface area contributed by atoms with Crippen LogP contribution in [0.15, 0.2) is 6.33 Å². The molecule has 0 bridgehead atoms. The zero-order valence-electron chi connectivity index (χ0n) is 10.4. The Balaban J connectivity index is 3.15. The fourth-order valence-corrected chi connectivity index (χ4v) is 1.69. The molecule has 0 aliphatic heterocycles. The molecule has 0 fully saturated rings. The summed E-state index contributed by atoms with van der Waals surface area (Å²) in [4.78, 5) is 19.3. The molecule has 0 unspecified atom stereocenters. The number of nitrogens with two attached hydrogens (primary N) is 1. The lowest BCUT2D eigenvalue weighted by molar-refractivity contribution is -0.121. The van der Waals surface area contributed by atoms with E-state index < -0.39 is 11.4 Å². The highest BCUT2D eigenvalue weighted by Gasteiger charge is 2.27. The number of halogens is 1. The molecule has 0 atom stereocenters. The van der Waals surface area contributed by atoms with Gasteiger partial charge in [0.05, 0.1) is 0 Å². The fraction of sp³-hybridized carbons (Fsp3) is 0.545. The molecule has 0 radical (unpaired) electrons. The summed E-state index contributed by atoms with van der Waals surface area (Å²) in [6.45, 7) is 7.34. The Hall–Kier alpha value is -1.36. The predicted octanol–water partition coefficient (Wildman–Crippen LogP) is 1.93. The van der Waals surface area contributed by atoms with E-state index in [4.69, 9.17) is 17.3 Å². The second-order valence-electron chi connectivity index (χ2n) is 4.70. The average Bonchev–Trinajstić information content (AvgIpc) is 2.15. The minimum Gasteiger partial charge on any atom is -0.368 e. The molecular weight excluding hydrogens is 240 g/mol. The minimum atomic E-state index is -0.888. The van der Waals surface area contributed by atoms with Crippen molar-refractivity contribution in [3.8, 4) is 0 Å². The van der Waals surface area contributed by atoms with Gasteiger partial charge in [0.15, 0.2) is 0 Å². The van der Waals surface area contributed by atoms with Crippen molar-refractivity contribution in [3.63, 3.8) is 0 Å². The summed E-state index contributed by atoms with van der Waals surface area (Å²) in [5, 5.41) is 3.39. The van der Waals surface area contributed by atoms with Crippen LogP contribution in [0.4, 0.5) is 5.82 Å². The Morgan fingerprint density at radius 1 is 1.47 bits per heavy atom. The van der Waals surface area contributed by atoms with Crippen molar-refractivity contribution in [2.24, 2.45) is 5.73 Å². The smallest absolute Gasteiger partial charge is 0.242 e. The summed E-state index contributed by atoms with van der Waals surface area (Å²) in [6.07, 6.45) is 1.35.